The van der Waals surface area contributed by atoms with Crippen LogP contribution in [0.2, 0.25) is 0 Å². The normalized spacial score (nSPS) is 14.6. The van der Waals surface area contributed by atoms with Gasteiger partial charge in [-0.05, 0) is 53.5 Å². The molecule has 2 N–H and O–H groups in total. The predicted octanol–water partition coefficient (Wildman–Crippen LogP) is 2.99. The number of benzene rings is 2. The molecule has 2 aromatic rings. The van der Waals surface area contributed by atoms with E-state index in [1.807, 2.05) is 13.0 Å². The number of carbonyl (C=O) groups is 3. The van der Waals surface area contributed by atoms with Crippen LogP contribution in [0.15, 0.2) is 53.0 Å². The highest BCUT2D eigenvalue weighted by atomic mass is 79.9. The summed E-state index contributed by atoms with van der Waals surface area (Å²) in [6.07, 6.45) is 0.788. The van der Waals surface area contributed by atoms with E-state index in [0.717, 1.165) is 13.0 Å². The van der Waals surface area contributed by atoms with Gasteiger partial charge in [0.25, 0.3) is 11.8 Å². The van der Waals surface area contributed by atoms with Crippen LogP contribution < -0.4 is 10.6 Å². The minimum absolute atomic E-state index is 0.00223. The molecule has 1 fully saturated rings. The third-order valence-electron chi connectivity index (χ3n) is 5.14. The number of para-hydroxylation sites is 1. The van der Waals surface area contributed by atoms with E-state index in [2.05, 4.69) is 31.5 Å². The highest BCUT2D eigenvalue weighted by Crippen LogP contribution is 2.22. The third-order valence-corrected chi connectivity index (χ3v) is 5.83. The number of carbonyl (C=O) groups excluding carboxylic acids is 3. The topological polar surface area (TPSA) is 81.8 Å². The fraction of sp³-hybridized carbons (Fsp3) is 0.348. The van der Waals surface area contributed by atoms with Gasteiger partial charge in [0.15, 0.2) is 0 Å². The van der Waals surface area contributed by atoms with Gasteiger partial charge in [-0.1, -0.05) is 24.3 Å². The molecule has 3 rings (SSSR count). The van der Waals surface area contributed by atoms with E-state index >= 15 is 0 Å². The van der Waals surface area contributed by atoms with E-state index in [1.54, 1.807) is 47.4 Å². The second kappa shape index (κ2) is 11.1. The molecule has 0 spiro atoms. The van der Waals surface area contributed by atoms with Gasteiger partial charge in [-0.2, -0.15) is 0 Å². The van der Waals surface area contributed by atoms with Crippen molar-refractivity contribution in [3.8, 4) is 0 Å². The number of halogens is 1. The van der Waals surface area contributed by atoms with Gasteiger partial charge in [0, 0.05) is 37.2 Å². The molecule has 0 unspecified atom stereocenters. The van der Waals surface area contributed by atoms with Crippen molar-refractivity contribution in [2.75, 3.05) is 44.6 Å². The fourth-order valence-corrected chi connectivity index (χ4v) is 4.04. The zero-order valence-electron chi connectivity index (χ0n) is 17.6. The minimum atomic E-state index is -0.281. The first-order valence-corrected chi connectivity index (χ1v) is 11.2. The number of hydrogen-bond donors (Lipinski definition) is 2. The molecule has 1 heterocycles. The lowest BCUT2D eigenvalue weighted by Gasteiger charge is -2.23. The summed E-state index contributed by atoms with van der Waals surface area (Å²) in [5.41, 5.74) is 1.44. The van der Waals surface area contributed by atoms with E-state index in [9.17, 15) is 14.4 Å². The van der Waals surface area contributed by atoms with Crippen LogP contribution in [0.3, 0.4) is 0 Å². The van der Waals surface area contributed by atoms with E-state index in [0.29, 0.717) is 54.0 Å². The maximum Gasteiger partial charge on any atom is 0.256 e. The molecule has 0 bridgehead atoms. The second-order valence-electron chi connectivity index (χ2n) is 7.35. The van der Waals surface area contributed by atoms with Crippen molar-refractivity contribution in [1.82, 2.24) is 15.1 Å². The van der Waals surface area contributed by atoms with Gasteiger partial charge >= 0.3 is 0 Å². The first kappa shape index (κ1) is 23.0. The molecular formula is C23H27BrN4O3. The van der Waals surface area contributed by atoms with Crippen molar-refractivity contribution in [2.24, 2.45) is 0 Å². The van der Waals surface area contributed by atoms with Crippen LogP contribution in [-0.2, 0) is 4.79 Å². The van der Waals surface area contributed by atoms with Crippen LogP contribution in [0.1, 0.15) is 34.1 Å². The molecule has 0 atom stereocenters. The summed E-state index contributed by atoms with van der Waals surface area (Å²) in [5.74, 6) is -0.401. The number of nitrogens with one attached hydrogen (secondary N) is 2. The monoisotopic (exact) mass is 486 g/mol. The van der Waals surface area contributed by atoms with Crippen molar-refractivity contribution in [3.05, 3.63) is 64.1 Å². The average molecular weight is 487 g/mol. The van der Waals surface area contributed by atoms with Crippen LogP contribution in [-0.4, -0.2) is 66.8 Å². The SMILES string of the molecule is CCNC(=O)CN1CCCN(C(=O)c2ccccc2NC(=O)c2ccccc2Br)CC1. The number of rotatable bonds is 6. The third kappa shape index (κ3) is 6.15. The summed E-state index contributed by atoms with van der Waals surface area (Å²) in [4.78, 5) is 41.7. The highest BCUT2D eigenvalue weighted by Gasteiger charge is 2.23. The highest BCUT2D eigenvalue weighted by molar-refractivity contribution is 9.10. The number of amides is 3. The Morgan fingerprint density at radius 1 is 0.935 bits per heavy atom. The van der Waals surface area contributed by atoms with Crippen molar-refractivity contribution >= 4 is 39.3 Å². The number of anilines is 1. The van der Waals surface area contributed by atoms with Gasteiger partial charge in [0.05, 0.1) is 23.4 Å². The molecule has 31 heavy (non-hydrogen) atoms. The average Bonchev–Trinajstić information content (AvgIpc) is 2.99. The second-order valence-corrected chi connectivity index (χ2v) is 8.21. The van der Waals surface area contributed by atoms with Gasteiger partial charge in [0.2, 0.25) is 5.91 Å². The van der Waals surface area contributed by atoms with Crippen LogP contribution in [0, 0.1) is 0 Å². The summed E-state index contributed by atoms with van der Waals surface area (Å²) in [6.45, 7) is 5.39. The van der Waals surface area contributed by atoms with E-state index in [1.165, 1.54) is 0 Å². The van der Waals surface area contributed by atoms with Crippen molar-refractivity contribution < 1.29 is 14.4 Å². The Balaban J connectivity index is 1.69. The number of nitrogens with zero attached hydrogens (tertiary/aromatic N) is 2. The molecule has 1 aliphatic rings. The molecule has 7 nitrogen and oxygen atoms in total. The molecule has 1 saturated heterocycles. The molecule has 2 aromatic carbocycles. The molecule has 164 valence electrons. The van der Waals surface area contributed by atoms with E-state index in [4.69, 9.17) is 0 Å². The van der Waals surface area contributed by atoms with Gasteiger partial charge < -0.3 is 15.5 Å². The smallest absolute Gasteiger partial charge is 0.256 e. The van der Waals surface area contributed by atoms with Crippen LogP contribution in [0.5, 0.6) is 0 Å². The molecule has 3 amide bonds. The lowest BCUT2D eigenvalue weighted by atomic mass is 10.1. The summed E-state index contributed by atoms with van der Waals surface area (Å²) < 4.78 is 0.691. The molecule has 8 heteroatoms. The summed E-state index contributed by atoms with van der Waals surface area (Å²) in [6, 6.07) is 14.2. The summed E-state index contributed by atoms with van der Waals surface area (Å²) in [7, 11) is 0. The predicted molar refractivity (Wildman–Crippen MR) is 124 cm³/mol. The first-order valence-electron chi connectivity index (χ1n) is 10.4. The lowest BCUT2D eigenvalue weighted by Crippen LogP contribution is -2.40. The largest absolute Gasteiger partial charge is 0.355 e. The van der Waals surface area contributed by atoms with Crippen molar-refractivity contribution in [3.63, 3.8) is 0 Å². The Bertz CT molecular complexity index is 950. The lowest BCUT2D eigenvalue weighted by molar-refractivity contribution is -0.122. The Morgan fingerprint density at radius 3 is 2.39 bits per heavy atom. The minimum Gasteiger partial charge on any atom is -0.355 e. The molecular weight excluding hydrogens is 460 g/mol. The Morgan fingerprint density at radius 2 is 1.65 bits per heavy atom. The summed E-state index contributed by atoms with van der Waals surface area (Å²) >= 11 is 3.39. The molecule has 0 saturated carbocycles. The van der Waals surface area contributed by atoms with Crippen LogP contribution >= 0.6 is 15.9 Å². The zero-order chi connectivity index (χ0) is 22.2. The van der Waals surface area contributed by atoms with Gasteiger partial charge in [0.1, 0.15) is 0 Å². The van der Waals surface area contributed by atoms with E-state index < -0.39 is 0 Å². The maximum atomic E-state index is 13.3. The van der Waals surface area contributed by atoms with Crippen molar-refractivity contribution in [2.45, 2.75) is 13.3 Å². The van der Waals surface area contributed by atoms with Crippen LogP contribution in [0.4, 0.5) is 5.69 Å². The van der Waals surface area contributed by atoms with Gasteiger partial charge in [-0.3, -0.25) is 19.3 Å². The quantitative estimate of drug-likeness (QED) is 0.657. The molecule has 0 radical (unpaired) electrons. The van der Waals surface area contributed by atoms with Gasteiger partial charge in [-0.15, -0.1) is 0 Å². The Kier molecular flexibility index (Phi) is 8.20. The van der Waals surface area contributed by atoms with Crippen LogP contribution in [0.25, 0.3) is 0 Å². The number of likely N-dealkylation sites (N-methyl/N-ethyl adjacent to an activating group) is 1. The van der Waals surface area contributed by atoms with Crippen molar-refractivity contribution in [1.29, 1.82) is 0 Å². The number of hydrogen-bond acceptors (Lipinski definition) is 4. The maximum absolute atomic E-state index is 13.3. The Hall–Kier alpha value is -2.71. The standard InChI is InChI=1S/C23H27BrN4O3/c1-2-25-21(29)16-27-12-7-13-28(15-14-27)23(31)18-9-4-6-11-20(18)26-22(30)17-8-3-5-10-19(17)24/h3-6,8-11H,2,7,12-16H2,1H3,(H,25,29)(H,26,30). The van der Waals surface area contributed by atoms with Gasteiger partial charge in [-0.25, -0.2) is 0 Å². The zero-order valence-corrected chi connectivity index (χ0v) is 19.2. The molecule has 0 aromatic heterocycles. The molecule has 1 aliphatic heterocycles. The molecule has 0 aliphatic carbocycles. The summed E-state index contributed by atoms with van der Waals surface area (Å²) in [5, 5.41) is 5.68. The van der Waals surface area contributed by atoms with E-state index in [-0.39, 0.29) is 17.7 Å². The first-order chi connectivity index (χ1) is 15.0. The Labute approximate surface area is 190 Å². The fourth-order valence-electron chi connectivity index (χ4n) is 3.57.